The third kappa shape index (κ3) is 7.81. The summed E-state index contributed by atoms with van der Waals surface area (Å²) in [6.07, 6.45) is 0.640. The average molecular weight is 386 g/mol. The zero-order chi connectivity index (χ0) is 12.6. The molecule has 0 saturated carbocycles. The topological polar surface area (TPSA) is 54.0 Å². The van der Waals surface area contributed by atoms with E-state index in [2.05, 4.69) is 6.58 Å². The summed E-state index contributed by atoms with van der Waals surface area (Å²) < 4.78 is 20.6. The number of hydrogen-bond donors (Lipinski definition) is 0. The largest absolute Gasteiger partial charge is 0.500 e. The standard InChI is InChI=1S/C10H20O5Si.Ba/c1-9(2)10(11)15-7-6-8-16(12-3,13-4)14-5;/h1,6-8H2,2-5H3;. The molecule has 0 amide bonds. The molecule has 0 atom stereocenters. The molecule has 0 spiro atoms. The van der Waals surface area contributed by atoms with Gasteiger partial charge in [0.1, 0.15) is 0 Å². The molecule has 0 aromatic heterocycles. The summed E-state index contributed by atoms with van der Waals surface area (Å²) in [7, 11) is 2.13. The Balaban J connectivity index is 0. The van der Waals surface area contributed by atoms with Gasteiger partial charge in [-0.3, -0.25) is 0 Å². The molecule has 7 heteroatoms. The molecular weight excluding hydrogens is 366 g/mol. The third-order valence-electron chi connectivity index (χ3n) is 2.14. The Labute approximate surface area is 144 Å². The SMILES string of the molecule is C=C(C)C(=O)OCCC[Si](OC)(OC)OC.[Ba]. The van der Waals surface area contributed by atoms with Crippen LogP contribution >= 0.6 is 0 Å². The van der Waals surface area contributed by atoms with E-state index >= 15 is 0 Å². The summed E-state index contributed by atoms with van der Waals surface area (Å²) in [5.41, 5.74) is 0.397. The maximum atomic E-state index is 11.1. The fourth-order valence-corrected chi connectivity index (χ4v) is 2.82. The van der Waals surface area contributed by atoms with Gasteiger partial charge < -0.3 is 18.0 Å². The van der Waals surface area contributed by atoms with Gasteiger partial charge in [0.2, 0.25) is 0 Å². The Kier molecular flexibility index (Phi) is 12.8. The second-order valence-corrected chi connectivity index (χ2v) is 6.41. The molecule has 0 unspecified atom stereocenters. The number of esters is 1. The van der Waals surface area contributed by atoms with Gasteiger partial charge in [-0.2, -0.15) is 0 Å². The molecule has 0 fully saturated rings. The van der Waals surface area contributed by atoms with Crippen molar-refractivity contribution in [1.82, 2.24) is 0 Å². The van der Waals surface area contributed by atoms with Crippen LogP contribution in [-0.4, -0.2) is 91.6 Å². The molecule has 0 N–H and O–H groups in total. The molecule has 2 radical (unpaired) electrons. The Hall–Kier alpha value is 0.878. The quantitative estimate of drug-likeness (QED) is 0.270. The van der Waals surface area contributed by atoms with Crippen LogP contribution in [0, 0.1) is 0 Å². The summed E-state index contributed by atoms with van der Waals surface area (Å²) in [6.45, 7) is 5.42. The summed E-state index contributed by atoms with van der Waals surface area (Å²) in [5, 5.41) is 0. The molecule has 0 saturated heterocycles. The van der Waals surface area contributed by atoms with Gasteiger partial charge in [0.15, 0.2) is 0 Å². The van der Waals surface area contributed by atoms with E-state index < -0.39 is 8.80 Å². The van der Waals surface area contributed by atoms with E-state index in [1.54, 1.807) is 28.3 Å². The van der Waals surface area contributed by atoms with Gasteiger partial charge in [0.25, 0.3) is 0 Å². The normalized spacial score (nSPS) is 10.6. The Morgan fingerprint density at radius 3 is 2.00 bits per heavy atom. The number of ether oxygens (including phenoxy) is 1. The minimum atomic E-state index is -2.53. The van der Waals surface area contributed by atoms with Gasteiger partial charge in [-0.15, -0.1) is 0 Å². The Morgan fingerprint density at radius 1 is 1.18 bits per heavy atom. The van der Waals surface area contributed by atoms with E-state index in [1.807, 2.05) is 0 Å². The van der Waals surface area contributed by atoms with E-state index in [9.17, 15) is 4.79 Å². The fraction of sp³-hybridized carbons (Fsp3) is 0.700. The predicted octanol–water partition coefficient (Wildman–Crippen LogP) is 0.993. The van der Waals surface area contributed by atoms with E-state index in [-0.39, 0.29) is 54.9 Å². The first-order valence-corrected chi connectivity index (χ1v) is 6.92. The molecule has 0 heterocycles. The van der Waals surface area contributed by atoms with Crippen LogP contribution < -0.4 is 0 Å². The van der Waals surface area contributed by atoms with Crippen molar-refractivity contribution >= 4 is 63.7 Å². The molecule has 0 aliphatic carbocycles. The smallest absolute Gasteiger partial charge is 0.462 e. The van der Waals surface area contributed by atoms with Crippen LogP contribution in [-0.2, 0) is 22.8 Å². The Morgan fingerprint density at radius 2 is 1.65 bits per heavy atom. The van der Waals surface area contributed by atoms with Crippen LogP contribution in [0.25, 0.3) is 0 Å². The van der Waals surface area contributed by atoms with Crippen molar-refractivity contribution in [2.75, 3.05) is 27.9 Å². The van der Waals surface area contributed by atoms with Crippen molar-refractivity contribution in [3.8, 4) is 0 Å². The summed E-state index contributed by atoms with van der Waals surface area (Å²) in [4.78, 5) is 11.1. The van der Waals surface area contributed by atoms with Gasteiger partial charge in [-0.1, -0.05) is 6.58 Å². The Bertz CT molecular complexity index is 235. The van der Waals surface area contributed by atoms with Crippen LogP contribution in [0.1, 0.15) is 13.3 Å². The molecule has 0 aliphatic rings. The minimum Gasteiger partial charge on any atom is -0.462 e. The fourth-order valence-electron chi connectivity index (χ4n) is 1.13. The van der Waals surface area contributed by atoms with Gasteiger partial charge in [0, 0.05) is 81.8 Å². The molecule has 0 aromatic carbocycles. The van der Waals surface area contributed by atoms with E-state index in [0.717, 1.165) is 0 Å². The first-order chi connectivity index (χ1) is 7.51. The maximum Gasteiger partial charge on any atom is 0.500 e. The molecule has 17 heavy (non-hydrogen) atoms. The second kappa shape index (κ2) is 10.8. The van der Waals surface area contributed by atoms with Crippen LogP contribution in [0.15, 0.2) is 12.2 Å². The monoisotopic (exact) mass is 386 g/mol. The van der Waals surface area contributed by atoms with Crippen molar-refractivity contribution in [2.45, 2.75) is 19.4 Å². The maximum absolute atomic E-state index is 11.1. The molecule has 0 aliphatic heterocycles. The number of hydrogen-bond acceptors (Lipinski definition) is 5. The molecular formula is C10H20BaO5Si. The first-order valence-electron chi connectivity index (χ1n) is 4.99. The van der Waals surface area contributed by atoms with Crippen LogP contribution in [0.4, 0.5) is 0 Å². The van der Waals surface area contributed by atoms with Gasteiger partial charge >= 0.3 is 14.8 Å². The van der Waals surface area contributed by atoms with Crippen molar-refractivity contribution < 1.29 is 22.8 Å². The van der Waals surface area contributed by atoms with Gasteiger partial charge in [0.05, 0.1) is 6.61 Å². The number of carbonyl (C=O) groups is 1. The van der Waals surface area contributed by atoms with Crippen LogP contribution in [0.3, 0.4) is 0 Å². The number of carbonyl (C=O) groups excluding carboxylic acids is 1. The third-order valence-corrected chi connectivity index (χ3v) is 4.97. The molecule has 0 rings (SSSR count). The number of rotatable bonds is 8. The molecule has 0 bridgehead atoms. The van der Waals surface area contributed by atoms with Crippen molar-refractivity contribution in [3.05, 3.63) is 12.2 Å². The zero-order valence-electron chi connectivity index (χ0n) is 11.1. The van der Waals surface area contributed by atoms with Gasteiger partial charge in [-0.25, -0.2) is 4.79 Å². The average Bonchev–Trinajstić information content (AvgIpc) is 2.30. The minimum absolute atomic E-state index is 0. The second-order valence-electron chi connectivity index (χ2n) is 3.32. The van der Waals surface area contributed by atoms with Crippen LogP contribution in [0.2, 0.25) is 6.04 Å². The van der Waals surface area contributed by atoms with Crippen LogP contribution in [0.5, 0.6) is 0 Å². The van der Waals surface area contributed by atoms with Crippen molar-refractivity contribution in [2.24, 2.45) is 0 Å². The van der Waals surface area contributed by atoms with Gasteiger partial charge in [-0.05, 0) is 13.3 Å². The molecule has 5 nitrogen and oxygen atoms in total. The predicted molar refractivity (Wildman–Crippen MR) is 67.7 cm³/mol. The first kappa shape index (κ1) is 20.2. The summed E-state index contributed by atoms with van der Waals surface area (Å²) in [6, 6.07) is 0.611. The van der Waals surface area contributed by atoms with E-state index in [1.165, 1.54) is 0 Å². The summed E-state index contributed by atoms with van der Waals surface area (Å²) in [5.74, 6) is -0.375. The summed E-state index contributed by atoms with van der Waals surface area (Å²) >= 11 is 0. The molecule has 0 aromatic rings. The van der Waals surface area contributed by atoms with Crippen molar-refractivity contribution in [1.29, 1.82) is 0 Å². The van der Waals surface area contributed by atoms with E-state index in [4.69, 9.17) is 18.0 Å². The van der Waals surface area contributed by atoms with E-state index in [0.29, 0.717) is 24.6 Å². The zero-order valence-corrected chi connectivity index (χ0v) is 16.5. The van der Waals surface area contributed by atoms with Crippen molar-refractivity contribution in [3.63, 3.8) is 0 Å². The molecule has 96 valence electrons.